The lowest BCUT2D eigenvalue weighted by Crippen LogP contribution is -2.34. The predicted octanol–water partition coefficient (Wildman–Crippen LogP) is 1.25. The van der Waals surface area contributed by atoms with Gasteiger partial charge in [0.2, 0.25) is 11.8 Å². The summed E-state index contributed by atoms with van der Waals surface area (Å²) in [6.07, 6.45) is 4.92. The minimum absolute atomic E-state index is 0.0501. The Morgan fingerprint density at radius 3 is 2.70 bits per heavy atom. The molecule has 1 saturated heterocycles. The highest BCUT2D eigenvalue weighted by molar-refractivity contribution is 5.79. The molecular weight excluding hydrogens is 254 g/mol. The van der Waals surface area contributed by atoms with Gasteiger partial charge in [-0.25, -0.2) is 0 Å². The van der Waals surface area contributed by atoms with Crippen LogP contribution in [-0.2, 0) is 16.1 Å². The number of carbonyl (C=O) groups excluding carboxylic acids is 2. The molecular formula is C15H23N3O2. The number of likely N-dealkylation sites (tertiary alicyclic amines) is 1. The summed E-state index contributed by atoms with van der Waals surface area (Å²) in [7, 11) is 0. The van der Waals surface area contributed by atoms with E-state index in [9.17, 15) is 9.59 Å². The van der Waals surface area contributed by atoms with Crippen LogP contribution in [0.4, 0.5) is 0 Å². The van der Waals surface area contributed by atoms with Gasteiger partial charge in [-0.3, -0.25) is 9.59 Å². The van der Waals surface area contributed by atoms with E-state index in [-0.39, 0.29) is 23.8 Å². The number of nitrogens with one attached hydrogen (secondary N) is 1. The van der Waals surface area contributed by atoms with Crippen molar-refractivity contribution in [2.24, 2.45) is 5.92 Å². The highest BCUT2D eigenvalue weighted by Crippen LogP contribution is 2.19. The summed E-state index contributed by atoms with van der Waals surface area (Å²) < 4.78 is 1.99. The summed E-state index contributed by atoms with van der Waals surface area (Å²) in [5.74, 6) is 0.501. The summed E-state index contributed by atoms with van der Waals surface area (Å²) in [6.45, 7) is 6.10. The molecule has 2 heterocycles. The molecule has 2 amide bonds. The SMILES string of the molecule is CC(C)N1CC(CNC(=O)CCn2cccc2)CC1=O. The zero-order valence-electron chi connectivity index (χ0n) is 12.2. The number of rotatable bonds is 6. The zero-order valence-corrected chi connectivity index (χ0v) is 12.2. The number of hydrogen-bond donors (Lipinski definition) is 1. The summed E-state index contributed by atoms with van der Waals surface area (Å²) in [5.41, 5.74) is 0. The molecule has 0 saturated carbocycles. The van der Waals surface area contributed by atoms with Crippen LogP contribution < -0.4 is 5.32 Å². The van der Waals surface area contributed by atoms with Gasteiger partial charge in [-0.2, -0.15) is 0 Å². The molecule has 1 aromatic heterocycles. The Kier molecular flexibility index (Phi) is 4.82. The van der Waals surface area contributed by atoms with Crippen LogP contribution in [0, 0.1) is 5.92 Å². The van der Waals surface area contributed by atoms with Crippen LogP contribution in [0.1, 0.15) is 26.7 Å². The second kappa shape index (κ2) is 6.59. The standard InChI is InChI=1S/C15H23N3O2/c1-12(2)18-11-13(9-15(18)20)10-16-14(19)5-8-17-6-3-4-7-17/h3-4,6-7,12-13H,5,8-11H2,1-2H3,(H,16,19). The van der Waals surface area contributed by atoms with Gasteiger partial charge in [0.1, 0.15) is 0 Å². The second-order valence-corrected chi connectivity index (χ2v) is 5.68. The summed E-state index contributed by atoms with van der Waals surface area (Å²) in [6, 6.07) is 4.14. The number of hydrogen-bond acceptors (Lipinski definition) is 2. The minimum atomic E-state index is 0.0501. The molecule has 1 unspecified atom stereocenters. The Morgan fingerprint density at radius 1 is 1.40 bits per heavy atom. The van der Waals surface area contributed by atoms with Crippen molar-refractivity contribution in [2.75, 3.05) is 13.1 Å². The highest BCUT2D eigenvalue weighted by Gasteiger charge is 2.30. The summed E-state index contributed by atoms with van der Waals surface area (Å²) in [4.78, 5) is 25.4. The Balaban J connectivity index is 1.68. The molecule has 1 fully saturated rings. The lowest BCUT2D eigenvalue weighted by atomic mass is 10.1. The fourth-order valence-corrected chi connectivity index (χ4v) is 2.54. The van der Waals surface area contributed by atoms with E-state index in [0.29, 0.717) is 25.9 Å². The minimum Gasteiger partial charge on any atom is -0.356 e. The van der Waals surface area contributed by atoms with Crippen molar-refractivity contribution in [2.45, 2.75) is 39.3 Å². The van der Waals surface area contributed by atoms with Gasteiger partial charge in [0.05, 0.1) is 0 Å². The molecule has 1 aromatic rings. The number of amides is 2. The van der Waals surface area contributed by atoms with Crippen LogP contribution in [0.3, 0.4) is 0 Å². The molecule has 2 rings (SSSR count). The van der Waals surface area contributed by atoms with Gasteiger partial charge in [0.25, 0.3) is 0 Å². The molecule has 0 aliphatic carbocycles. The maximum atomic E-state index is 11.8. The third-order valence-corrected chi connectivity index (χ3v) is 3.71. The first-order valence-electron chi connectivity index (χ1n) is 7.23. The van der Waals surface area contributed by atoms with Crippen molar-refractivity contribution in [3.8, 4) is 0 Å². The van der Waals surface area contributed by atoms with E-state index in [4.69, 9.17) is 0 Å². The molecule has 5 heteroatoms. The Labute approximate surface area is 119 Å². The van der Waals surface area contributed by atoms with Crippen LogP contribution >= 0.6 is 0 Å². The van der Waals surface area contributed by atoms with Crippen molar-refractivity contribution in [1.82, 2.24) is 14.8 Å². The number of nitrogens with zero attached hydrogens (tertiary/aromatic N) is 2. The molecule has 110 valence electrons. The van der Waals surface area contributed by atoms with Crippen LogP contribution in [0.5, 0.6) is 0 Å². The van der Waals surface area contributed by atoms with Crippen molar-refractivity contribution >= 4 is 11.8 Å². The zero-order chi connectivity index (χ0) is 14.5. The van der Waals surface area contributed by atoms with Crippen LogP contribution in [0.2, 0.25) is 0 Å². The van der Waals surface area contributed by atoms with Gasteiger partial charge < -0.3 is 14.8 Å². The Morgan fingerprint density at radius 2 is 2.10 bits per heavy atom. The van der Waals surface area contributed by atoms with Gasteiger partial charge in [0, 0.05) is 56.8 Å². The maximum Gasteiger partial charge on any atom is 0.223 e. The maximum absolute atomic E-state index is 11.8. The van der Waals surface area contributed by atoms with Gasteiger partial charge >= 0.3 is 0 Å². The molecule has 1 aliphatic heterocycles. The number of carbonyl (C=O) groups is 2. The molecule has 0 bridgehead atoms. The Hall–Kier alpha value is -1.78. The topological polar surface area (TPSA) is 54.3 Å². The fourth-order valence-electron chi connectivity index (χ4n) is 2.54. The quantitative estimate of drug-likeness (QED) is 0.851. The highest BCUT2D eigenvalue weighted by atomic mass is 16.2. The second-order valence-electron chi connectivity index (χ2n) is 5.68. The predicted molar refractivity (Wildman–Crippen MR) is 77.0 cm³/mol. The monoisotopic (exact) mass is 277 g/mol. The smallest absolute Gasteiger partial charge is 0.223 e. The first kappa shape index (κ1) is 14.6. The van der Waals surface area contributed by atoms with Gasteiger partial charge in [-0.15, -0.1) is 0 Å². The van der Waals surface area contributed by atoms with E-state index in [2.05, 4.69) is 5.32 Å². The number of aromatic nitrogens is 1. The average Bonchev–Trinajstić information content (AvgIpc) is 3.03. The average molecular weight is 277 g/mol. The molecule has 0 spiro atoms. The van der Waals surface area contributed by atoms with E-state index >= 15 is 0 Å². The Bertz CT molecular complexity index is 454. The van der Waals surface area contributed by atoms with E-state index in [1.165, 1.54) is 0 Å². The largest absolute Gasteiger partial charge is 0.356 e. The van der Waals surface area contributed by atoms with Crippen LogP contribution in [0.15, 0.2) is 24.5 Å². The van der Waals surface area contributed by atoms with Crippen LogP contribution in [-0.4, -0.2) is 40.4 Å². The van der Waals surface area contributed by atoms with E-state index in [1.54, 1.807) is 0 Å². The first-order valence-corrected chi connectivity index (χ1v) is 7.23. The van der Waals surface area contributed by atoms with Crippen molar-refractivity contribution < 1.29 is 9.59 Å². The first-order chi connectivity index (χ1) is 9.56. The van der Waals surface area contributed by atoms with E-state index < -0.39 is 0 Å². The molecule has 1 aliphatic rings. The third-order valence-electron chi connectivity index (χ3n) is 3.71. The lowest BCUT2D eigenvalue weighted by Gasteiger charge is -2.21. The third kappa shape index (κ3) is 3.85. The van der Waals surface area contributed by atoms with Crippen molar-refractivity contribution in [1.29, 1.82) is 0 Å². The molecule has 5 nitrogen and oxygen atoms in total. The molecule has 1 atom stereocenters. The normalized spacial score (nSPS) is 18.9. The van der Waals surface area contributed by atoms with Crippen LogP contribution in [0.25, 0.3) is 0 Å². The summed E-state index contributed by atoms with van der Waals surface area (Å²) >= 11 is 0. The molecule has 0 aromatic carbocycles. The fraction of sp³-hybridized carbons (Fsp3) is 0.600. The van der Waals surface area contributed by atoms with E-state index in [1.807, 2.05) is 47.8 Å². The molecule has 0 radical (unpaired) electrons. The van der Waals surface area contributed by atoms with Gasteiger partial charge in [0.15, 0.2) is 0 Å². The number of aryl methyl sites for hydroxylation is 1. The lowest BCUT2D eigenvalue weighted by molar-refractivity contribution is -0.129. The molecule has 1 N–H and O–H groups in total. The van der Waals surface area contributed by atoms with E-state index in [0.717, 1.165) is 6.54 Å². The van der Waals surface area contributed by atoms with Gasteiger partial charge in [-0.1, -0.05) is 0 Å². The summed E-state index contributed by atoms with van der Waals surface area (Å²) in [5, 5.41) is 2.94. The van der Waals surface area contributed by atoms with Gasteiger partial charge in [-0.05, 0) is 26.0 Å². The van der Waals surface area contributed by atoms with Crippen molar-refractivity contribution in [3.05, 3.63) is 24.5 Å². The van der Waals surface area contributed by atoms with Crippen molar-refractivity contribution in [3.63, 3.8) is 0 Å². The molecule has 20 heavy (non-hydrogen) atoms.